The summed E-state index contributed by atoms with van der Waals surface area (Å²) in [6.07, 6.45) is 7.74. The highest BCUT2D eigenvalue weighted by Gasteiger charge is 2.22. The summed E-state index contributed by atoms with van der Waals surface area (Å²) in [4.78, 5) is 5.21. The Morgan fingerprint density at radius 2 is 0.771 bits per heavy atom. The number of nitrogens with zero attached hydrogens (tertiary/aromatic N) is 2. The van der Waals surface area contributed by atoms with Gasteiger partial charge in [-0.2, -0.15) is 0 Å². The van der Waals surface area contributed by atoms with Crippen molar-refractivity contribution in [3.63, 3.8) is 0 Å². The molecule has 0 spiro atoms. The average molecular weight is 623 g/mol. The van der Waals surface area contributed by atoms with Crippen LogP contribution in [0.2, 0.25) is 0 Å². The predicted octanol–water partition coefficient (Wildman–Crippen LogP) is 12.1. The molecular formula is C46H42N2. The number of anilines is 2. The van der Waals surface area contributed by atoms with Gasteiger partial charge in [0, 0.05) is 37.6 Å². The SMILES string of the molecule is c1ccc(-c2ccc(-c3c4ccc(N5CCCCC5)cc4c(-c4ccccc4)c4ccc(N5CCCCC5)cc34)c3ccccc23)cc1. The lowest BCUT2D eigenvalue weighted by Crippen LogP contribution is -2.29. The number of piperidine rings is 2. The minimum absolute atomic E-state index is 1.13. The Bertz CT molecular complexity index is 2240. The van der Waals surface area contributed by atoms with Gasteiger partial charge >= 0.3 is 0 Å². The van der Waals surface area contributed by atoms with Gasteiger partial charge in [-0.05, 0) is 128 Å². The van der Waals surface area contributed by atoms with E-state index >= 15 is 0 Å². The summed E-state index contributed by atoms with van der Waals surface area (Å²) in [5.41, 5.74) is 10.5. The molecule has 2 nitrogen and oxygen atoms in total. The Hall–Kier alpha value is -5.08. The van der Waals surface area contributed by atoms with Crippen LogP contribution in [0.15, 0.2) is 133 Å². The molecule has 0 unspecified atom stereocenters. The lowest BCUT2D eigenvalue weighted by atomic mass is 9.83. The summed E-state index contributed by atoms with van der Waals surface area (Å²) in [5, 5.41) is 7.94. The zero-order valence-corrected chi connectivity index (χ0v) is 27.7. The number of hydrogen-bond acceptors (Lipinski definition) is 2. The second-order valence-electron chi connectivity index (χ2n) is 13.7. The zero-order chi connectivity index (χ0) is 31.9. The Morgan fingerprint density at radius 1 is 0.312 bits per heavy atom. The fourth-order valence-corrected chi connectivity index (χ4v) is 8.49. The van der Waals surface area contributed by atoms with Gasteiger partial charge in [0.2, 0.25) is 0 Å². The van der Waals surface area contributed by atoms with Crippen LogP contribution in [0.1, 0.15) is 38.5 Å². The van der Waals surface area contributed by atoms with Gasteiger partial charge in [0.1, 0.15) is 0 Å². The van der Waals surface area contributed by atoms with Crippen LogP contribution < -0.4 is 9.80 Å². The summed E-state index contributed by atoms with van der Waals surface area (Å²) in [6.45, 7) is 4.54. The van der Waals surface area contributed by atoms with Gasteiger partial charge in [0.25, 0.3) is 0 Å². The van der Waals surface area contributed by atoms with Crippen molar-refractivity contribution >= 4 is 43.7 Å². The maximum atomic E-state index is 2.61. The first-order valence-corrected chi connectivity index (χ1v) is 18.0. The van der Waals surface area contributed by atoms with Crippen molar-refractivity contribution in [2.45, 2.75) is 38.5 Å². The Kier molecular flexibility index (Phi) is 7.58. The lowest BCUT2D eigenvalue weighted by molar-refractivity contribution is 0.578. The molecular weight excluding hydrogens is 581 g/mol. The maximum absolute atomic E-state index is 2.61. The number of hydrogen-bond donors (Lipinski definition) is 0. The van der Waals surface area contributed by atoms with Gasteiger partial charge in [-0.15, -0.1) is 0 Å². The zero-order valence-electron chi connectivity index (χ0n) is 27.7. The number of benzene rings is 7. The highest BCUT2D eigenvalue weighted by Crippen LogP contribution is 2.48. The van der Waals surface area contributed by atoms with E-state index in [1.54, 1.807) is 0 Å². The first kappa shape index (κ1) is 29.1. The van der Waals surface area contributed by atoms with E-state index in [1.807, 2.05) is 0 Å². The van der Waals surface area contributed by atoms with Crippen molar-refractivity contribution in [1.82, 2.24) is 0 Å². The lowest BCUT2D eigenvalue weighted by Gasteiger charge is -2.30. The first-order valence-electron chi connectivity index (χ1n) is 18.0. The third-order valence-corrected chi connectivity index (χ3v) is 10.9. The fourth-order valence-electron chi connectivity index (χ4n) is 8.49. The molecule has 2 saturated heterocycles. The van der Waals surface area contributed by atoms with Gasteiger partial charge in [0.15, 0.2) is 0 Å². The van der Waals surface area contributed by atoms with E-state index < -0.39 is 0 Å². The number of rotatable bonds is 5. The molecule has 0 N–H and O–H groups in total. The normalized spacial score (nSPS) is 15.4. The van der Waals surface area contributed by atoms with Crippen LogP contribution in [0.3, 0.4) is 0 Å². The standard InChI is InChI=1S/C46H42N2/c1-5-15-33(16-6-1)37-25-26-40(39-20-10-9-19-38(37)39)46-42-24-22-35(47-27-11-3-12-28-47)31-43(42)45(34-17-7-2-8-18-34)41-23-21-36(32-44(41)46)48-29-13-4-14-30-48/h1-2,5-10,15-26,31-32H,3-4,11-14,27-30H2. The average Bonchev–Trinajstić information content (AvgIpc) is 3.17. The highest BCUT2D eigenvalue weighted by molar-refractivity contribution is 6.25. The van der Waals surface area contributed by atoms with Crippen LogP contribution in [-0.4, -0.2) is 26.2 Å². The van der Waals surface area contributed by atoms with E-state index in [1.165, 1.54) is 116 Å². The summed E-state index contributed by atoms with van der Waals surface area (Å²) in [6, 6.07) is 50.4. The van der Waals surface area contributed by atoms with E-state index in [4.69, 9.17) is 0 Å². The molecule has 2 aliphatic rings. The Morgan fingerprint density at radius 3 is 1.35 bits per heavy atom. The minimum atomic E-state index is 1.13. The van der Waals surface area contributed by atoms with E-state index in [0.717, 1.165) is 26.2 Å². The third kappa shape index (κ3) is 5.11. The molecule has 9 rings (SSSR count). The van der Waals surface area contributed by atoms with Gasteiger partial charge in [-0.1, -0.05) is 109 Å². The highest BCUT2D eigenvalue weighted by atomic mass is 15.1. The molecule has 0 atom stereocenters. The molecule has 0 radical (unpaired) electrons. The van der Waals surface area contributed by atoms with Gasteiger partial charge in [-0.3, -0.25) is 0 Å². The topological polar surface area (TPSA) is 6.48 Å². The molecule has 0 aromatic heterocycles. The Labute approximate surface area is 284 Å². The van der Waals surface area contributed by atoms with Crippen LogP contribution in [0.4, 0.5) is 11.4 Å². The van der Waals surface area contributed by atoms with E-state index in [-0.39, 0.29) is 0 Å². The molecule has 2 aliphatic heterocycles. The molecule has 2 fully saturated rings. The summed E-state index contributed by atoms with van der Waals surface area (Å²) >= 11 is 0. The minimum Gasteiger partial charge on any atom is -0.372 e. The quantitative estimate of drug-likeness (QED) is 0.176. The largest absolute Gasteiger partial charge is 0.372 e. The molecule has 236 valence electrons. The number of fused-ring (bicyclic) bond motifs is 3. The van der Waals surface area contributed by atoms with Gasteiger partial charge in [-0.25, -0.2) is 0 Å². The van der Waals surface area contributed by atoms with Crippen LogP contribution in [0, 0.1) is 0 Å². The third-order valence-electron chi connectivity index (χ3n) is 10.9. The maximum Gasteiger partial charge on any atom is 0.0372 e. The van der Waals surface area contributed by atoms with Gasteiger partial charge < -0.3 is 9.80 Å². The summed E-state index contributed by atoms with van der Waals surface area (Å²) in [7, 11) is 0. The van der Waals surface area contributed by atoms with Crippen molar-refractivity contribution < 1.29 is 0 Å². The smallest absolute Gasteiger partial charge is 0.0372 e. The second kappa shape index (κ2) is 12.5. The van der Waals surface area contributed by atoms with Gasteiger partial charge in [0.05, 0.1) is 0 Å². The molecule has 2 heterocycles. The van der Waals surface area contributed by atoms with Crippen LogP contribution in [-0.2, 0) is 0 Å². The van der Waals surface area contributed by atoms with E-state index in [0.29, 0.717) is 0 Å². The second-order valence-corrected chi connectivity index (χ2v) is 13.7. The van der Waals surface area contributed by atoms with Crippen LogP contribution >= 0.6 is 0 Å². The first-order chi connectivity index (χ1) is 23.8. The molecule has 48 heavy (non-hydrogen) atoms. The Balaban J connectivity index is 1.39. The predicted molar refractivity (Wildman–Crippen MR) is 207 cm³/mol. The van der Waals surface area contributed by atoms with E-state index in [9.17, 15) is 0 Å². The van der Waals surface area contributed by atoms with Crippen molar-refractivity contribution in [2.24, 2.45) is 0 Å². The molecule has 0 bridgehead atoms. The van der Waals surface area contributed by atoms with Crippen molar-refractivity contribution in [3.8, 4) is 33.4 Å². The monoisotopic (exact) mass is 622 g/mol. The molecule has 2 heteroatoms. The van der Waals surface area contributed by atoms with E-state index in [2.05, 4.69) is 143 Å². The summed E-state index contributed by atoms with van der Waals surface area (Å²) < 4.78 is 0. The molecule has 7 aromatic rings. The van der Waals surface area contributed by atoms with Crippen molar-refractivity contribution in [2.75, 3.05) is 36.0 Å². The van der Waals surface area contributed by atoms with Crippen molar-refractivity contribution in [3.05, 3.63) is 133 Å². The fraction of sp³-hybridized carbons (Fsp3) is 0.217. The molecule has 0 saturated carbocycles. The molecule has 7 aromatic carbocycles. The van der Waals surface area contributed by atoms with Crippen LogP contribution in [0.25, 0.3) is 65.7 Å². The molecule has 0 aliphatic carbocycles. The van der Waals surface area contributed by atoms with Crippen LogP contribution in [0.5, 0.6) is 0 Å². The molecule has 0 amide bonds. The van der Waals surface area contributed by atoms with Crippen molar-refractivity contribution in [1.29, 1.82) is 0 Å². The summed E-state index contributed by atoms with van der Waals surface area (Å²) in [5.74, 6) is 0.